The molecule has 2 aromatic rings. The number of rotatable bonds is 5. The zero-order valence-electron chi connectivity index (χ0n) is 12.7. The molecule has 1 aromatic carbocycles. The van der Waals surface area contributed by atoms with Gasteiger partial charge in [-0.05, 0) is 49.1 Å². The third-order valence-electron chi connectivity index (χ3n) is 3.83. The second-order valence-corrected chi connectivity index (χ2v) is 8.19. The van der Waals surface area contributed by atoms with Gasteiger partial charge in [-0.25, -0.2) is 13.1 Å². The maximum Gasteiger partial charge on any atom is 0.241 e. The fourth-order valence-electron chi connectivity index (χ4n) is 2.62. The van der Waals surface area contributed by atoms with Gasteiger partial charge in [0.2, 0.25) is 15.9 Å². The SMILES string of the molecule is CC(NS(=O)(=O)c1ccc(N2CCCC2=O)cc1)c1cccs1. The van der Waals surface area contributed by atoms with E-state index in [9.17, 15) is 13.2 Å². The average molecular weight is 350 g/mol. The number of nitrogens with zero attached hydrogens (tertiary/aromatic N) is 1. The number of thiophene rings is 1. The fourth-order valence-corrected chi connectivity index (χ4v) is 4.65. The van der Waals surface area contributed by atoms with Gasteiger partial charge in [0.15, 0.2) is 0 Å². The van der Waals surface area contributed by atoms with Crippen LogP contribution in [-0.2, 0) is 14.8 Å². The molecule has 1 aliphatic heterocycles. The predicted molar refractivity (Wildman–Crippen MR) is 91.1 cm³/mol. The van der Waals surface area contributed by atoms with Gasteiger partial charge >= 0.3 is 0 Å². The number of hydrogen-bond donors (Lipinski definition) is 1. The van der Waals surface area contributed by atoms with Gasteiger partial charge < -0.3 is 4.90 Å². The topological polar surface area (TPSA) is 66.5 Å². The fraction of sp³-hybridized carbons (Fsp3) is 0.312. The first-order valence-electron chi connectivity index (χ1n) is 7.43. The van der Waals surface area contributed by atoms with Gasteiger partial charge in [-0.3, -0.25) is 4.79 Å². The van der Waals surface area contributed by atoms with Crippen LogP contribution < -0.4 is 9.62 Å². The van der Waals surface area contributed by atoms with Crippen LogP contribution in [0.25, 0.3) is 0 Å². The number of amides is 1. The number of carbonyl (C=O) groups excluding carboxylic acids is 1. The van der Waals surface area contributed by atoms with Crippen molar-refractivity contribution in [3.05, 3.63) is 46.7 Å². The van der Waals surface area contributed by atoms with Crippen LogP contribution in [0.3, 0.4) is 0 Å². The predicted octanol–water partition coefficient (Wildman–Crippen LogP) is 2.91. The Morgan fingerprint density at radius 2 is 1.96 bits per heavy atom. The van der Waals surface area contributed by atoms with Crippen molar-refractivity contribution in [2.24, 2.45) is 0 Å². The summed E-state index contributed by atoms with van der Waals surface area (Å²) in [6.07, 6.45) is 1.40. The second-order valence-electron chi connectivity index (χ2n) is 5.50. The van der Waals surface area contributed by atoms with Crippen molar-refractivity contribution in [1.82, 2.24) is 4.72 Å². The summed E-state index contributed by atoms with van der Waals surface area (Å²) in [5.74, 6) is 0.0880. The Morgan fingerprint density at radius 1 is 1.22 bits per heavy atom. The van der Waals surface area contributed by atoms with Crippen molar-refractivity contribution >= 4 is 33.0 Å². The standard InChI is InChI=1S/C16H18N2O3S2/c1-12(15-4-3-11-22-15)17-23(20,21)14-8-6-13(7-9-14)18-10-2-5-16(18)19/h3-4,6-9,11-12,17H,2,5,10H2,1H3. The molecule has 1 aliphatic rings. The van der Waals surface area contributed by atoms with Crippen LogP contribution in [0.4, 0.5) is 5.69 Å². The highest BCUT2D eigenvalue weighted by Crippen LogP contribution is 2.24. The summed E-state index contributed by atoms with van der Waals surface area (Å²) in [4.78, 5) is 14.6. The van der Waals surface area contributed by atoms with Crippen molar-refractivity contribution in [3.63, 3.8) is 0 Å². The van der Waals surface area contributed by atoms with E-state index in [1.165, 1.54) is 11.3 Å². The van der Waals surface area contributed by atoms with Crippen LogP contribution in [0.2, 0.25) is 0 Å². The van der Waals surface area contributed by atoms with Crippen LogP contribution in [0.1, 0.15) is 30.7 Å². The molecule has 5 nitrogen and oxygen atoms in total. The van der Waals surface area contributed by atoms with Gasteiger partial charge in [0, 0.05) is 23.5 Å². The van der Waals surface area contributed by atoms with E-state index in [0.717, 1.165) is 17.0 Å². The lowest BCUT2D eigenvalue weighted by molar-refractivity contribution is -0.117. The van der Waals surface area contributed by atoms with E-state index >= 15 is 0 Å². The molecular formula is C16H18N2O3S2. The molecule has 7 heteroatoms. The Labute approximate surface area is 140 Å². The number of anilines is 1. The minimum absolute atomic E-state index is 0.0880. The minimum Gasteiger partial charge on any atom is -0.312 e. The zero-order chi connectivity index (χ0) is 16.4. The number of hydrogen-bond acceptors (Lipinski definition) is 4. The molecule has 0 aliphatic carbocycles. The molecule has 1 fully saturated rings. The third-order valence-corrected chi connectivity index (χ3v) is 6.45. The molecule has 122 valence electrons. The highest BCUT2D eigenvalue weighted by Gasteiger charge is 2.23. The zero-order valence-corrected chi connectivity index (χ0v) is 14.4. The normalized spacial score (nSPS) is 16.7. The number of sulfonamides is 1. The van der Waals surface area contributed by atoms with Crippen LogP contribution in [-0.4, -0.2) is 20.9 Å². The Balaban J connectivity index is 1.76. The lowest BCUT2D eigenvalue weighted by Gasteiger charge is -2.17. The van der Waals surface area contributed by atoms with Crippen molar-refractivity contribution < 1.29 is 13.2 Å². The Morgan fingerprint density at radius 3 is 2.52 bits per heavy atom. The van der Waals surface area contributed by atoms with Gasteiger partial charge in [0.05, 0.1) is 10.9 Å². The van der Waals surface area contributed by atoms with Gasteiger partial charge in [0.1, 0.15) is 0 Å². The van der Waals surface area contributed by atoms with Crippen LogP contribution >= 0.6 is 11.3 Å². The van der Waals surface area contributed by atoms with Gasteiger partial charge in [-0.15, -0.1) is 11.3 Å². The van der Waals surface area contributed by atoms with E-state index in [4.69, 9.17) is 0 Å². The molecule has 2 heterocycles. The van der Waals surface area contributed by atoms with Gasteiger partial charge in [-0.1, -0.05) is 6.07 Å². The number of benzene rings is 1. The van der Waals surface area contributed by atoms with E-state index in [0.29, 0.717) is 13.0 Å². The maximum atomic E-state index is 12.4. The minimum atomic E-state index is -3.59. The van der Waals surface area contributed by atoms with E-state index in [2.05, 4.69) is 4.72 Å². The van der Waals surface area contributed by atoms with Crippen molar-refractivity contribution in [3.8, 4) is 0 Å². The summed E-state index contributed by atoms with van der Waals surface area (Å²) in [5, 5.41) is 1.92. The summed E-state index contributed by atoms with van der Waals surface area (Å²) in [6, 6.07) is 9.99. The molecule has 1 amide bonds. The van der Waals surface area contributed by atoms with E-state index in [-0.39, 0.29) is 16.8 Å². The maximum absolute atomic E-state index is 12.4. The van der Waals surface area contributed by atoms with Crippen molar-refractivity contribution in [1.29, 1.82) is 0 Å². The van der Waals surface area contributed by atoms with Gasteiger partial charge in [-0.2, -0.15) is 0 Å². The molecule has 0 spiro atoms. The molecule has 1 aromatic heterocycles. The summed E-state index contributed by atoms with van der Waals surface area (Å²) >= 11 is 1.52. The Kier molecular flexibility index (Phi) is 4.52. The lowest BCUT2D eigenvalue weighted by atomic mass is 10.3. The summed E-state index contributed by atoms with van der Waals surface area (Å²) < 4.78 is 27.6. The lowest BCUT2D eigenvalue weighted by Crippen LogP contribution is -2.27. The summed E-state index contributed by atoms with van der Waals surface area (Å²) in [6.45, 7) is 2.51. The third kappa shape index (κ3) is 3.46. The molecule has 1 atom stereocenters. The average Bonchev–Trinajstić information content (AvgIpc) is 3.18. The largest absolute Gasteiger partial charge is 0.312 e. The highest BCUT2D eigenvalue weighted by atomic mass is 32.2. The Bertz CT molecular complexity index is 783. The summed E-state index contributed by atoms with van der Waals surface area (Å²) in [5.41, 5.74) is 0.748. The first-order valence-corrected chi connectivity index (χ1v) is 9.80. The van der Waals surface area contributed by atoms with Crippen LogP contribution in [0, 0.1) is 0 Å². The van der Waals surface area contributed by atoms with E-state index in [1.54, 1.807) is 29.2 Å². The van der Waals surface area contributed by atoms with Crippen molar-refractivity contribution in [2.45, 2.75) is 30.7 Å². The van der Waals surface area contributed by atoms with Gasteiger partial charge in [0.25, 0.3) is 0 Å². The quantitative estimate of drug-likeness (QED) is 0.902. The van der Waals surface area contributed by atoms with Crippen molar-refractivity contribution in [2.75, 3.05) is 11.4 Å². The van der Waals surface area contributed by atoms with Crippen LogP contribution in [0.15, 0.2) is 46.7 Å². The molecule has 0 saturated carbocycles. The molecule has 1 saturated heterocycles. The van der Waals surface area contributed by atoms with E-state index < -0.39 is 10.0 Å². The van der Waals surface area contributed by atoms with E-state index in [1.807, 2.05) is 24.4 Å². The number of carbonyl (C=O) groups is 1. The first-order chi connectivity index (χ1) is 11.0. The molecule has 1 N–H and O–H groups in total. The summed E-state index contributed by atoms with van der Waals surface area (Å²) in [7, 11) is -3.59. The second kappa shape index (κ2) is 6.43. The highest BCUT2D eigenvalue weighted by molar-refractivity contribution is 7.89. The smallest absolute Gasteiger partial charge is 0.241 e. The monoisotopic (exact) mass is 350 g/mol. The Hall–Kier alpha value is -1.70. The first kappa shape index (κ1) is 16.2. The molecule has 0 radical (unpaired) electrons. The molecule has 0 bridgehead atoms. The molecule has 1 unspecified atom stereocenters. The molecule has 3 rings (SSSR count). The molecular weight excluding hydrogens is 332 g/mol. The molecule has 23 heavy (non-hydrogen) atoms. The number of nitrogens with one attached hydrogen (secondary N) is 1. The van der Waals surface area contributed by atoms with Crippen LogP contribution in [0.5, 0.6) is 0 Å².